The predicted molar refractivity (Wildman–Crippen MR) is 97.9 cm³/mol. The monoisotopic (exact) mass is 318 g/mol. The van der Waals surface area contributed by atoms with Crippen LogP contribution in [0.4, 0.5) is 0 Å². The smallest absolute Gasteiger partial charge is 0.330 e. The predicted octanol–water partition coefficient (Wildman–Crippen LogP) is 3.08. The van der Waals surface area contributed by atoms with Gasteiger partial charge in [-0.3, -0.25) is 9.59 Å². The van der Waals surface area contributed by atoms with Gasteiger partial charge in [0.05, 0.1) is 10.8 Å². The van der Waals surface area contributed by atoms with Crippen LogP contribution in [-0.2, 0) is 0 Å². The Morgan fingerprint density at radius 2 is 0.800 bits per heavy atom. The average Bonchev–Trinajstić information content (AvgIpc) is 3.22. The number of hydrogen-bond donors (Lipinski definition) is 0. The maximum absolute atomic E-state index is 12.9. The lowest BCUT2D eigenvalue weighted by atomic mass is 9.95. The van der Waals surface area contributed by atoms with Crippen molar-refractivity contribution in [1.82, 2.24) is 0 Å². The van der Waals surface area contributed by atoms with Crippen molar-refractivity contribution >= 4 is 64.6 Å². The van der Waals surface area contributed by atoms with Crippen LogP contribution in [0.25, 0.3) is 70.2 Å². The summed E-state index contributed by atoms with van der Waals surface area (Å²) >= 11 is 0. The standard InChI is InChI=1S/C21H6N2O2/c22-23-19-7-1-3-9-15-13(7)14-8(19)2-4-10-16(14)18-12(21(10)25)6-5-11(17(15)18)20(9)24/h1-6H. The SMILES string of the molecule is [N-]=[N+]=c1c2ccc3c(=O)c4ccc5c(=O)c6ccc1c1c6c5c4c3c21. The van der Waals surface area contributed by atoms with Crippen molar-refractivity contribution < 1.29 is 4.79 Å². The highest BCUT2D eigenvalue weighted by molar-refractivity contribution is 6.47. The van der Waals surface area contributed by atoms with Crippen LogP contribution in [0.5, 0.6) is 0 Å². The maximum Gasteiger partial charge on any atom is 0.330 e. The van der Waals surface area contributed by atoms with Crippen molar-refractivity contribution in [2.45, 2.75) is 0 Å². The van der Waals surface area contributed by atoms with Crippen LogP contribution in [0, 0.1) is 0 Å². The van der Waals surface area contributed by atoms with E-state index >= 15 is 0 Å². The molecule has 7 aromatic rings. The molecule has 0 aromatic heterocycles. The first-order valence-electron chi connectivity index (χ1n) is 8.06. The Bertz CT molecular complexity index is 1700. The third kappa shape index (κ3) is 0.944. The minimum Gasteiger partial charge on any atom is -0.361 e. The van der Waals surface area contributed by atoms with Gasteiger partial charge in [-0.15, -0.1) is 0 Å². The molecule has 0 aliphatic rings. The Balaban J connectivity index is 2.21. The van der Waals surface area contributed by atoms with E-state index in [0.717, 1.165) is 43.1 Å². The van der Waals surface area contributed by atoms with E-state index in [2.05, 4.69) is 4.79 Å². The molecular weight excluding hydrogens is 312 g/mol. The summed E-state index contributed by atoms with van der Waals surface area (Å²) in [5.41, 5.74) is 9.60. The van der Waals surface area contributed by atoms with Gasteiger partial charge in [-0.1, -0.05) is 0 Å². The van der Waals surface area contributed by atoms with Gasteiger partial charge in [0.25, 0.3) is 0 Å². The summed E-state index contributed by atoms with van der Waals surface area (Å²) in [4.78, 5) is 29.3. The summed E-state index contributed by atoms with van der Waals surface area (Å²) in [6, 6.07) is 10.9. The lowest BCUT2D eigenvalue weighted by molar-refractivity contribution is -0.0600. The molecule has 0 N–H and O–H groups in total. The fraction of sp³-hybridized carbons (Fsp3) is 0. The van der Waals surface area contributed by atoms with Gasteiger partial charge in [-0.25, -0.2) is 0 Å². The number of hydrogen-bond acceptors (Lipinski definition) is 2. The van der Waals surface area contributed by atoms with E-state index in [9.17, 15) is 15.1 Å². The van der Waals surface area contributed by atoms with Crippen molar-refractivity contribution in [3.05, 3.63) is 67.7 Å². The molecule has 0 saturated heterocycles. The lowest BCUT2D eigenvalue weighted by Gasteiger charge is -2.06. The van der Waals surface area contributed by atoms with Gasteiger partial charge < -0.3 is 5.53 Å². The molecule has 0 radical (unpaired) electrons. The second kappa shape index (κ2) is 3.27. The Kier molecular flexibility index (Phi) is 1.55. The van der Waals surface area contributed by atoms with Crippen LogP contribution in [0.3, 0.4) is 0 Å². The highest BCUT2D eigenvalue weighted by Gasteiger charge is 2.29. The topological polar surface area (TPSA) is 70.5 Å². The molecule has 0 unspecified atom stereocenters. The summed E-state index contributed by atoms with van der Waals surface area (Å²) in [6.07, 6.45) is 0. The first-order chi connectivity index (χ1) is 12.2. The molecule has 0 atom stereocenters. The van der Waals surface area contributed by atoms with E-state index in [-0.39, 0.29) is 10.9 Å². The summed E-state index contributed by atoms with van der Waals surface area (Å²) in [5, 5.41) is 10.2. The molecule has 0 heterocycles. The van der Waals surface area contributed by atoms with Crippen LogP contribution < -0.4 is 16.2 Å². The molecule has 7 rings (SSSR count). The van der Waals surface area contributed by atoms with Crippen LogP contribution in [0.2, 0.25) is 0 Å². The Morgan fingerprint density at radius 1 is 0.520 bits per heavy atom. The van der Waals surface area contributed by atoms with Crippen molar-refractivity contribution in [3.63, 3.8) is 0 Å². The summed E-state index contributed by atoms with van der Waals surface area (Å²) in [7, 11) is 0. The molecule has 0 aliphatic heterocycles. The van der Waals surface area contributed by atoms with E-state index in [4.69, 9.17) is 0 Å². The van der Waals surface area contributed by atoms with Gasteiger partial charge in [0.15, 0.2) is 10.9 Å². The van der Waals surface area contributed by atoms with Crippen LogP contribution >= 0.6 is 0 Å². The van der Waals surface area contributed by atoms with Crippen LogP contribution in [-0.4, -0.2) is 4.79 Å². The first-order valence-corrected chi connectivity index (χ1v) is 8.06. The summed E-state index contributed by atoms with van der Waals surface area (Å²) in [6.45, 7) is 0. The van der Waals surface area contributed by atoms with Crippen molar-refractivity contribution in [2.24, 2.45) is 0 Å². The molecule has 25 heavy (non-hydrogen) atoms. The molecule has 4 nitrogen and oxygen atoms in total. The third-order valence-electron chi connectivity index (χ3n) is 5.95. The molecular formula is C21H6N2O2. The van der Waals surface area contributed by atoms with Gasteiger partial charge in [-0.2, -0.15) is 4.79 Å². The van der Waals surface area contributed by atoms with E-state index in [1.165, 1.54) is 0 Å². The molecule has 112 valence electrons. The quantitative estimate of drug-likeness (QED) is 0.245. The van der Waals surface area contributed by atoms with Crippen molar-refractivity contribution in [2.75, 3.05) is 0 Å². The minimum atomic E-state index is 0.000224. The molecule has 0 bridgehead atoms. The largest absolute Gasteiger partial charge is 0.361 e. The highest BCUT2D eigenvalue weighted by atomic mass is 16.1. The minimum absolute atomic E-state index is 0.000224. The maximum atomic E-state index is 12.9. The van der Waals surface area contributed by atoms with Gasteiger partial charge in [0.1, 0.15) is 0 Å². The van der Waals surface area contributed by atoms with Gasteiger partial charge in [0.2, 0.25) is 0 Å². The number of rotatable bonds is 0. The zero-order valence-electron chi connectivity index (χ0n) is 12.7. The van der Waals surface area contributed by atoms with E-state index in [0.29, 0.717) is 26.9 Å². The Morgan fingerprint density at radius 3 is 1.12 bits per heavy atom. The number of nitrogens with zero attached hydrogens (tertiary/aromatic N) is 2. The molecule has 0 spiro atoms. The summed E-state index contributed by atoms with van der Waals surface area (Å²) < 4.78 is 0. The van der Waals surface area contributed by atoms with E-state index in [1.807, 2.05) is 24.3 Å². The van der Waals surface area contributed by atoms with Crippen molar-refractivity contribution in [1.29, 1.82) is 0 Å². The zero-order chi connectivity index (χ0) is 16.6. The van der Waals surface area contributed by atoms with Gasteiger partial charge in [0, 0.05) is 53.9 Å². The second-order valence-corrected chi connectivity index (χ2v) is 6.84. The first kappa shape index (κ1) is 11.8. The highest BCUT2D eigenvalue weighted by Crippen LogP contribution is 2.47. The molecule has 0 saturated carbocycles. The van der Waals surface area contributed by atoms with Gasteiger partial charge >= 0.3 is 5.36 Å². The second-order valence-electron chi connectivity index (χ2n) is 6.84. The van der Waals surface area contributed by atoms with E-state index < -0.39 is 0 Å². The van der Waals surface area contributed by atoms with E-state index in [1.54, 1.807) is 12.1 Å². The van der Waals surface area contributed by atoms with Crippen molar-refractivity contribution in [3.8, 4) is 0 Å². The lowest BCUT2D eigenvalue weighted by Crippen LogP contribution is -2.00. The fourth-order valence-electron chi connectivity index (χ4n) is 5.06. The molecule has 0 fully saturated rings. The zero-order valence-corrected chi connectivity index (χ0v) is 12.7. The fourth-order valence-corrected chi connectivity index (χ4v) is 5.06. The molecule has 4 heteroatoms. The molecule has 0 aliphatic carbocycles. The normalized spacial score (nSPS) is 13.1. The third-order valence-corrected chi connectivity index (χ3v) is 5.95. The Labute approximate surface area is 137 Å². The summed E-state index contributed by atoms with van der Waals surface area (Å²) in [5.74, 6) is 0. The Hall–Kier alpha value is -3.62. The average molecular weight is 318 g/mol. The molecule has 7 aromatic carbocycles. The number of benzene rings is 4. The molecule has 0 amide bonds. The van der Waals surface area contributed by atoms with Gasteiger partial charge in [-0.05, 0) is 36.4 Å². The van der Waals surface area contributed by atoms with Crippen LogP contribution in [0.15, 0.2) is 46.0 Å². The van der Waals surface area contributed by atoms with Crippen LogP contribution in [0.1, 0.15) is 0 Å².